The summed E-state index contributed by atoms with van der Waals surface area (Å²) in [6.07, 6.45) is -0.662. The predicted octanol–water partition coefficient (Wildman–Crippen LogP) is 2.82. The second-order valence-corrected chi connectivity index (χ2v) is 5.13. The summed E-state index contributed by atoms with van der Waals surface area (Å²) >= 11 is 0. The fourth-order valence-electron chi connectivity index (χ4n) is 2.72. The van der Waals surface area contributed by atoms with Gasteiger partial charge in [0.1, 0.15) is 23.2 Å². The summed E-state index contributed by atoms with van der Waals surface area (Å²) in [6, 6.07) is 7.97. The summed E-state index contributed by atoms with van der Waals surface area (Å²) in [5.41, 5.74) is 0.560. The highest BCUT2D eigenvalue weighted by molar-refractivity contribution is 6.04. The first-order valence-electron chi connectivity index (χ1n) is 7.02. The molecule has 2 aromatic carbocycles. The summed E-state index contributed by atoms with van der Waals surface area (Å²) in [7, 11) is 2.85. The van der Waals surface area contributed by atoms with E-state index in [1.165, 1.54) is 26.4 Å². The van der Waals surface area contributed by atoms with E-state index in [-0.39, 0.29) is 46.5 Å². The summed E-state index contributed by atoms with van der Waals surface area (Å²) in [6.45, 7) is 0. The maximum absolute atomic E-state index is 12.5. The molecule has 0 unspecified atom stereocenters. The van der Waals surface area contributed by atoms with Crippen molar-refractivity contribution in [1.82, 2.24) is 0 Å². The van der Waals surface area contributed by atoms with Crippen LogP contribution in [0.1, 0.15) is 28.4 Å². The van der Waals surface area contributed by atoms with Gasteiger partial charge < -0.3 is 24.4 Å². The first-order chi connectivity index (χ1) is 11.1. The van der Waals surface area contributed by atoms with Gasteiger partial charge in [0.15, 0.2) is 17.3 Å². The smallest absolute Gasteiger partial charge is 0.204 e. The van der Waals surface area contributed by atoms with Gasteiger partial charge in [-0.15, -0.1) is 0 Å². The second kappa shape index (κ2) is 5.72. The lowest BCUT2D eigenvalue weighted by Crippen LogP contribution is -2.21. The molecule has 1 heterocycles. The lowest BCUT2D eigenvalue weighted by atomic mass is 9.94. The normalized spacial score (nSPS) is 16.4. The van der Waals surface area contributed by atoms with Gasteiger partial charge in [-0.25, -0.2) is 0 Å². The average molecular weight is 316 g/mol. The number of aromatic hydroxyl groups is 2. The number of carbonyl (C=O) groups excluding carboxylic acids is 1. The Labute approximate surface area is 132 Å². The summed E-state index contributed by atoms with van der Waals surface area (Å²) in [5, 5.41) is 20.1. The van der Waals surface area contributed by atoms with Crippen molar-refractivity contribution in [1.29, 1.82) is 0 Å². The van der Waals surface area contributed by atoms with Crippen molar-refractivity contribution in [3.63, 3.8) is 0 Å². The van der Waals surface area contributed by atoms with Gasteiger partial charge in [-0.3, -0.25) is 4.79 Å². The van der Waals surface area contributed by atoms with Crippen molar-refractivity contribution in [3.05, 3.63) is 41.5 Å². The van der Waals surface area contributed by atoms with Gasteiger partial charge in [0, 0.05) is 11.6 Å². The lowest BCUT2D eigenvalue weighted by Gasteiger charge is -2.28. The zero-order valence-electron chi connectivity index (χ0n) is 12.7. The summed E-state index contributed by atoms with van der Waals surface area (Å²) in [4.78, 5) is 12.5. The number of Topliss-reactive ketones (excluding diaryl/α,β-unsaturated/α-hetero) is 1. The molecule has 1 aliphatic heterocycles. The van der Waals surface area contributed by atoms with E-state index in [1.807, 2.05) is 0 Å². The van der Waals surface area contributed by atoms with Crippen LogP contribution in [0.3, 0.4) is 0 Å². The molecular weight excluding hydrogens is 300 g/mol. The zero-order valence-corrected chi connectivity index (χ0v) is 12.7. The Bertz CT molecular complexity index is 768. The predicted molar refractivity (Wildman–Crippen MR) is 81.6 cm³/mol. The second-order valence-electron chi connectivity index (χ2n) is 5.13. The molecule has 1 aliphatic rings. The van der Waals surface area contributed by atoms with Crippen LogP contribution in [0.25, 0.3) is 0 Å². The number of hydrogen-bond donors (Lipinski definition) is 2. The monoisotopic (exact) mass is 316 g/mol. The fraction of sp³-hybridized carbons (Fsp3) is 0.235. The first-order valence-corrected chi connectivity index (χ1v) is 7.02. The molecule has 0 spiro atoms. The summed E-state index contributed by atoms with van der Waals surface area (Å²) < 4.78 is 16.3. The van der Waals surface area contributed by atoms with Crippen molar-refractivity contribution in [2.24, 2.45) is 0 Å². The number of benzene rings is 2. The topological polar surface area (TPSA) is 85.2 Å². The number of ether oxygens (including phenoxy) is 3. The van der Waals surface area contributed by atoms with Crippen LogP contribution in [0.5, 0.6) is 28.7 Å². The zero-order chi connectivity index (χ0) is 16.6. The number of phenolic OH excluding ortho intramolecular Hbond substituents is 2. The lowest BCUT2D eigenvalue weighted by molar-refractivity contribution is 0.0833. The molecule has 3 rings (SSSR count). The third-order valence-electron chi connectivity index (χ3n) is 3.80. The van der Waals surface area contributed by atoms with Gasteiger partial charge in [-0.05, 0) is 6.07 Å². The maximum Gasteiger partial charge on any atom is 0.204 e. The largest absolute Gasteiger partial charge is 0.508 e. The van der Waals surface area contributed by atoms with Gasteiger partial charge >= 0.3 is 0 Å². The van der Waals surface area contributed by atoms with Crippen LogP contribution in [-0.2, 0) is 0 Å². The minimum atomic E-state index is -0.670. The molecule has 0 amide bonds. The van der Waals surface area contributed by atoms with Crippen LogP contribution in [0.2, 0.25) is 0 Å². The Morgan fingerprint density at radius 3 is 2.52 bits per heavy atom. The van der Waals surface area contributed by atoms with Crippen LogP contribution in [0, 0.1) is 0 Å². The van der Waals surface area contributed by atoms with Gasteiger partial charge in [0.2, 0.25) is 5.75 Å². The number of phenols is 2. The van der Waals surface area contributed by atoms with E-state index in [2.05, 4.69) is 0 Å². The first kappa shape index (κ1) is 15.0. The third-order valence-corrected chi connectivity index (χ3v) is 3.80. The SMILES string of the molecule is COc1cc(O)c2c(c1OC)O[C@@H](c1ccccc1O)CC2=O. The van der Waals surface area contributed by atoms with Crippen molar-refractivity contribution in [2.45, 2.75) is 12.5 Å². The van der Waals surface area contributed by atoms with Crippen molar-refractivity contribution in [2.75, 3.05) is 14.2 Å². The summed E-state index contributed by atoms with van der Waals surface area (Å²) in [5.74, 6) is 0.133. The van der Waals surface area contributed by atoms with Gasteiger partial charge in [-0.2, -0.15) is 0 Å². The molecule has 0 aliphatic carbocycles. The Morgan fingerprint density at radius 2 is 1.87 bits per heavy atom. The molecule has 0 fully saturated rings. The molecule has 0 saturated heterocycles. The van der Waals surface area contributed by atoms with Crippen LogP contribution in [0.15, 0.2) is 30.3 Å². The van der Waals surface area contributed by atoms with E-state index < -0.39 is 6.10 Å². The highest BCUT2D eigenvalue weighted by atomic mass is 16.5. The average Bonchev–Trinajstić information content (AvgIpc) is 2.54. The van der Waals surface area contributed by atoms with Crippen LogP contribution in [-0.4, -0.2) is 30.2 Å². The number of carbonyl (C=O) groups is 1. The van der Waals surface area contributed by atoms with Crippen LogP contribution < -0.4 is 14.2 Å². The molecule has 2 aromatic rings. The molecule has 0 radical (unpaired) electrons. The molecule has 2 N–H and O–H groups in total. The van der Waals surface area contributed by atoms with E-state index in [1.54, 1.807) is 18.2 Å². The Kier molecular flexibility index (Phi) is 3.73. The number of methoxy groups -OCH3 is 2. The number of hydrogen-bond acceptors (Lipinski definition) is 6. The third kappa shape index (κ3) is 2.42. The van der Waals surface area contributed by atoms with E-state index in [0.29, 0.717) is 5.56 Å². The Hall–Kier alpha value is -2.89. The van der Waals surface area contributed by atoms with Crippen molar-refractivity contribution < 1.29 is 29.2 Å². The molecule has 0 bridgehead atoms. The van der Waals surface area contributed by atoms with E-state index >= 15 is 0 Å². The standard InChI is InChI=1S/C17H16O6/c1-21-14-8-12(20)15-11(19)7-13(23-17(15)16(14)22-2)9-5-3-4-6-10(9)18/h3-6,8,13,18,20H,7H2,1-2H3/t13-/m1/s1. The fourth-order valence-corrected chi connectivity index (χ4v) is 2.72. The van der Waals surface area contributed by atoms with E-state index in [4.69, 9.17) is 14.2 Å². The van der Waals surface area contributed by atoms with Gasteiger partial charge in [-0.1, -0.05) is 18.2 Å². The molecular formula is C17H16O6. The van der Waals surface area contributed by atoms with Gasteiger partial charge in [0.05, 0.1) is 20.6 Å². The number of rotatable bonds is 3. The highest BCUT2D eigenvalue weighted by Crippen LogP contribution is 2.50. The molecule has 1 atom stereocenters. The van der Waals surface area contributed by atoms with E-state index in [0.717, 1.165) is 0 Å². The van der Waals surface area contributed by atoms with Crippen LogP contribution in [0.4, 0.5) is 0 Å². The quantitative estimate of drug-likeness (QED) is 0.905. The Balaban J connectivity index is 2.13. The van der Waals surface area contributed by atoms with Crippen molar-refractivity contribution >= 4 is 5.78 Å². The van der Waals surface area contributed by atoms with Crippen LogP contribution >= 0.6 is 0 Å². The number of ketones is 1. The minimum Gasteiger partial charge on any atom is -0.508 e. The minimum absolute atomic E-state index is 0.00756. The molecule has 120 valence electrons. The highest BCUT2D eigenvalue weighted by Gasteiger charge is 2.35. The number of para-hydroxylation sites is 1. The molecule has 6 nitrogen and oxygen atoms in total. The molecule has 23 heavy (non-hydrogen) atoms. The molecule has 6 heteroatoms. The van der Waals surface area contributed by atoms with E-state index in [9.17, 15) is 15.0 Å². The molecule has 0 aromatic heterocycles. The van der Waals surface area contributed by atoms with Crippen molar-refractivity contribution in [3.8, 4) is 28.7 Å². The van der Waals surface area contributed by atoms with Gasteiger partial charge in [0.25, 0.3) is 0 Å². The Morgan fingerprint density at radius 1 is 1.13 bits per heavy atom. The number of fused-ring (bicyclic) bond motifs is 1. The molecule has 0 saturated carbocycles. The maximum atomic E-state index is 12.5.